The van der Waals surface area contributed by atoms with Gasteiger partial charge in [0.25, 0.3) is 0 Å². The molecule has 1 fully saturated rings. The van der Waals surface area contributed by atoms with Crippen molar-refractivity contribution in [3.63, 3.8) is 0 Å². The number of carbonyl (C=O) groups is 2. The fraction of sp³-hybridized carbons (Fsp3) is 0.778. The van der Waals surface area contributed by atoms with Crippen LogP contribution >= 0.6 is 0 Å². The summed E-state index contributed by atoms with van der Waals surface area (Å²) >= 11 is 0. The van der Waals surface area contributed by atoms with E-state index in [1.54, 1.807) is 0 Å². The zero-order valence-corrected chi connectivity index (χ0v) is 10.3. The Kier molecular flexibility index (Phi) is 3.27. The molecule has 0 aliphatic carbocycles. The molecule has 1 aliphatic heterocycles. The van der Waals surface area contributed by atoms with Gasteiger partial charge >= 0.3 is 5.97 Å². The largest absolute Gasteiger partial charge is 0.467 e. The normalized spacial score (nSPS) is 20.7. The Balaban J connectivity index is 3.18. The molecular weight excluding hydrogens is 234 g/mol. The molecule has 1 aliphatic rings. The fourth-order valence-corrected chi connectivity index (χ4v) is 3.61. The second kappa shape index (κ2) is 4.04. The Morgan fingerprint density at radius 1 is 1.44 bits per heavy atom. The molecule has 0 aromatic rings. The SMILES string of the molecule is COC(=O)C(C)(C)N1C(=O)CCCS1(=O)=O. The zero-order chi connectivity index (χ0) is 12.6. The number of amides is 1. The van der Waals surface area contributed by atoms with E-state index in [1.807, 2.05) is 0 Å². The van der Waals surface area contributed by atoms with Gasteiger partial charge < -0.3 is 4.74 Å². The zero-order valence-electron chi connectivity index (χ0n) is 9.52. The van der Waals surface area contributed by atoms with E-state index in [0.717, 1.165) is 7.11 Å². The number of methoxy groups -OCH3 is 1. The highest BCUT2D eigenvalue weighted by atomic mass is 32.2. The first kappa shape index (κ1) is 13.0. The number of sulfonamides is 1. The molecule has 16 heavy (non-hydrogen) atoms. The van der Waals surface area contributed by atoms with Crippen molar-refractivity contribution in [2.24, 2.45) is 0 Å². The predicted octanol–water partition coefficient (Wildman–Crippen LogP) is -0.110. The molecule has 6 nitrogen and oxygen atoms in total. The minimum absolute atomic E-state index is 0.112. The Morgan fingerprint density at radius 3 is 2.44 bits per heavy atom. The molecular formula is C9H15NO5S. The number of ether oxygens (including phenoxy) is 1. The standard InChI is InChI=1S/C9H15NO5S/c1-9(2,8(12)15-3)10-7(11)5-4-6-16(10,13)14/h4-6H2,1-3H3. The molecule has 7 heteroatoms. The lowest BCUT2D eigenvalue weighted by atomic mass is 10.1. The van der Waals surface area contributed by atoms with Gasteiger partial charge in [0, 0.05) is 6.42 Å². The van der Waals surface area contributed by atoms with E-state index in [9.17, 15) is 18.0 Å². The van der Waals surface area contributed by atoms with Gasteiger partial charge in [-0.2, -0.15) is 0 Å². The van der Waals surface area contributed by atoms with Gasteiger partial charge in [0.15, 0.2) is 0 Å². The number of hydrogen-bond donors (Lipinski definition) is 0. The lowest BCUT2D eigenvalue weighted by Crippen LogP contribution is -2.58. The summed E-state index contributed by atoms with van der Waals surface area (Å²) in [4.78, 5) is 23.1. The van der Waals surface area contributed by atoms with Crippen LogP contribution in [0.2, 0.25) is 0 Å². The van der Waals surface area contributed by atoms with Crippen LogP contribution in [0, 0.1) is 0 Å². The molecule has 0 atom stereocenters. The molecule has 0 aromatic carbocycles. The summed E-state index contributed by atoms with van der Waals surface area (Å²) in [7, 11) is -2.54. The van der Waals surface area contributed by atoms with Crippen LogP contribution in [0.3, 0.4) is 0 Å². The molecule has 0 spiro atoms. The molecule has 92 valence electrons. The van der Waals surface area contributed by atoms with Crippen molar-refractivity contribution in [1.82, 2.24) is 4.31 Å². The van der Waals surface area contributed by atoms with Crippen molar-refractivity contribution >= 4 is 21.9 Å². The Morgan fingerprint density at radius 2 is 2.00 bits per heavy atom. The second-order valence-corrected chi connectivity index (χ2v) is 6.07. The third kappa shape index (κ3) is 2.04. The van der Waals surface area contributed by atoms with E-state index in [4.69, 9.17) is 0 Å². The Labute approximate surface area is 94.6 Å². The van der Waals surface area contributed by atoms with Crippen LogP contribution in [0.5, 0.6) is 0 Å². The van der Waals surface area contributed by atoms with Crippen LogP contribution < -0.4 is 0 Å². The van der Waals surface area contributed by atoms with E-state index >= 15 is 0 Å². The minimum atomic E-state index is -3.70. The predicted molar refractivity (Wildman–Crippen MR) is 56.0 cm³/mol. The van der Waals surface area contributed by atoms with E-state index in [1.165, 1.54) is 13.8 Å². The van der Waals surface area contributed by atoms with Crippen LogP contribution in [0.1, 0.15) is 26.7 Å². The smallest absolute Gasteiger partial charge is 0.332 e. The van der Waals surface area contributed by atoms with Crippen molar-refractivity contribution in [1.29, 1.82) is 0 Å². The summed E-state index contributed by atoms with van der Waals surface area (Å²) in [6.45, 7) is 2.72. The van der Waals surface area contributed by atoms with Crippen molar-refractivity contribution in [3.8, 4) is 0 Å². The van der Waals surface area contributed by atoms with Crippen LogP contribution in [0.25, 0.3) is 0 Å². The Bertz CT molecular complexity index is 412. The van der Waals surface area contributed by atoms with Crippen molar-refractivity contribution in [2.45, 2.75) is 32.2 Å². The molecule has 1 amide bonds. The van der Waals surface area contributed by atoms with E-state index < -0.39 is 27.4 Å². The number of esters is 1. The molecule has 1 rings (SSSR count). The molecule has 0 aromatic heterocycles. The van der Waals surface area contributed by atoms with Gasteiger partial charge in [-0.25, -0.2) is 17.5 Å². The molecule has 1 saturated heterocycles. The molecule has 0 N–H and O–H groups in total. The van der Waals surface area contributed by atoms with E-state index in [-0.39, 0.29) is 12.2 Å². The molecule has 0 bridgehead atoms. The first-order chi connectivity index (χ1) is 7.23. The highest BCUT2D eigenvalue weighted by Gasteiger charge is 2.47. The summed E-state index contributed by atoms with van der Waals surface area (Å²) < 4.78 is 28.7. The summed E-state index contributed by atoms with van der Waals surface area (Å²) in [5.41, 5.74) is -1.48. The molecule has 0 unspecified atom stereocenters. The molecule has 0 saturated carbocycles. The van der Waals surface area contributed by atoms with Crippen molar-refractivity contribution in [3.05, 3.63) is 0 Å². The van der Waals surface area contributed by atoms with Crippen LogP contribution in [0.4, 0.5) is 0 Å². The molecule has 0 radical (unpaired) electrons. The van der Waals surface area contributed by atoms with E-state index in [2.05, 4.69) is 4.74 Å². The van der Waals surface area contributed by atoms with Crippen molar-refractivity contribution in [2.75, 3.05) is 12.9 Å². The number of hydrogen-bond acceptors (Lipinski definition) is 5. The highest BCUT2D eigenvalue weighted by molar-refractivity contribution is 7.89. The minimum Gasteiger partial charge on any atom is -0.467 e. The number of rotatable bonds is 2. The Hall–Kier alpha value is -1.11. The first-order valence-corrected chi connectivity index (χ1v) is 6.49. The first-order valence-electron chi connectivity index (χ1n) is 4.88. The summed E-state index contributed by atoms with van der Waals surface area (Å²) in [5, 5.41) is 0. The van der Waals surface area contributed by atoms with Gasteiger partial charge in [-0.1, -0.05) is 0 Å². The topological polar surface area (TPSA) is 80.8 Å². The summed E-state index contributed by atoms with van der Waals surface area (Å²) in [6, 6.07) is 0. The van der Waals surface area contributed by atoms with Gasteiger partial charge in [0.1, 0.15) is 5.54 Å². The average molecular weight is 249 g/mol. The number of nitrogens with zero attached hydrogens (tertiary/aromatic N) is 1. The maximum Gasteiger partial charge on any atom is 0.332 e. The maximum atomic E-state index is 11.8. The lowest BCUT2D eigenvalue weighted by Gasteiger charge is -2.37. The van der Waals surface area contributed by atoms with Crippen LogP contribution in [-0.2, 0) is 24.3 Å². The lowest BCUT2D eigenvalue weighted by molar-refractivity contribution is -0.154. The third-order valence-corrected chi connectivity index (χ3v) is 4.51. The van der Waals surface area contributed by atoms with Crippen molar-refractivity contribution < 1.29 is 22.7 Å². The van der Waals surface area contributed by atoms with Gasteiger partial charge in [-0.3, -0.25) is 4.79 Å². The van der Waals surface area contributed by atoms with Crippen LogP contribution in [-0.4, -0.2) is 43.0 Å². The van der Waals surface area contributed by atoms with Crippen LogP contribution in [0.15, 0.2) is 0 Å². The average Bonchev–Trinajstić information content (AvgIpc) is 2.14. The quantitative estimate of drug-likeness (QED) is 0.638. The highest BCUT2D eigenvalue weighted by Crippen LogP contribution is 2.26. The van der Waals surface area contributed by atoms with Gasteiger partial charge in [0.05, 0.1) is 12.9 Å². The summed E-state index contributed by atoms with van der Waals surface area (Å²) in [6.07, 6.45) is 0.439. The second-order valence-electron chi connectivity index (χ2n) is 4.13. The monoisotopic (exact) mass is 249 g/mol. The third-order valence-electron chi connectivity index (χ3n) is 2.49. The van der Waals surface area contributed by atoms with Gasteiger partial charge in [0.2, 0.25) is 15.9 Å². The molecule has 1 heterocycles. The van der Waals surface area contributed by atoms with Gasteiger partial charge in [-0.05, 0) is 20.3 Å². The van der Waals surface area contributed by atoms with Gasteiger partial charge in [-0.15, -0.1) is 0 Å². The fourth-order valence-electron chi connectivity index (χ4n) is 1.75. The number of carbonyl (C=O) groups excluding carboxylic acids is 2. The summed E-state index contributed by atoms with van der Waals surface area (Å²) in [5.74, 6) is -1.41. The van der Waals surface area contributed by atoms with E-state index in [0.29, 0.717) is 10.7 Å². The maximum absolute atomic E-state index is 11.8.